The van der Waals surface area contributed by atoms with E-state index in [1.165, 1.54) is 0 Å². The van der Waals surface area contributed by atoms with Gasteiger partial charge in [0.05, 0.1) is 0 Å². The van der Waals surface area contributed by atoms with Gasteiger partial charge in [-0.2, -0.15) is 0 Å². The number of nitrogens with zero attached hydrogens (tertiary/aromatic N) is 1. The average molecular weight is 352 g/mol. The fourth-order valence-corrected chi connectivity index (χ4v) is 3.54. The molecule has 3 nitrogen and oxygen atoms in total. The van der Waals surface area contributed by atoms with Gasteiger partial charge in [-0.3, -0.25) is 9.20 Å². The SMILES string of the molecule is CC(C)(C)[Si](C)(C)Oc1ccc(-c2cc(=O)n3ccccc3c2)cc1. The van der Waals surface area contributed by atoms with Crippen LogP contribution in [0.4, 0.5) is 0 Å². The van der Waals surface area contributed by atoms with E-state index in [4.69, 9.17) is 4.43 Å². The van der Waals surface area contributed by atoms with Gasteiger partial charge in [-0.1, -0.05) is 39.0 Å². The van der Waals surface area contributed by atoms with Crippen molar-refractivity contribution in [2.24, 2.45) is 0 Å². The van der Waals surface area contributed by atoms with Crippen LogP contribution in [0.3, 0.4) is 0 Å². The van der Waals surface area contributed by atoms with Crippen LogP contribution in [0.2, 0.25) is 18.1 Å². The second-order valence-corrected chi connectivity index (χ2v) is 12.7. The van der Waals surface area contributed by atoms with Crippen molar-refractivity contribution < 1.29 is 4.43 Å². The maximum absolute atomic E-state index is 12.3. The first-order chi connectivity index (χ1) is 11.7. The van der Waals surface area contributed by atoms with Crippen molar-refractivity contribution in [2.45, 2.75) is 38.9 Å². The number of pyridine rings is 2. The second-order valence-electron chi connectivity index (χ2n) is 7.96. The van der Waals surface area contributed by atoms with Crippen LogP contribution in [0.25, 0.3) is 16.6 Å². The Hall–Kier alpha value is -2.33. The molecule has 0 unspecified atom stereocenters. The molecule has 1 aromatic carbocycles. The summed E-state index contributed by atoms with van der Waals surface area (Å²) in [4.78, 5) is 12.3. The van der Waals surface area contributed by atoms with E-state index in [0.717, 1.165) is 22.4 Å². The lowest BCUT2D eigenvalue weighted by Crippen LogP contribution is -2.43. The summed E-state index contributed by atoms with van der Waals surface area (Å²) in [6.07, 6.45) is 1.79. The van der Waals surface area contributed by atoms with E-state index in [2.05, 4.69) is 33.9 Å². The molecular weight excluding hydrogens is 326 g/mol. The van der Waals surface area contributed by atoms with Crippen LogP contribution in [0, 0.1) is 0 Å². The van der Waals surface area contributed by atoms with Gasteiger partial charge in [-0.05, 0) is 59.6 Å². The summed E-state index contributed by atoms with van der Waals surface area (Å²) < 4.78 is 7.98. The zero-order valence-corrected chi connectivity index (χ0v) is 16.5. The van der Waals surface area contributed by atoms with Crippen molar-refractivity contribution >= 4 is 13.8 Å². The highest BCUT2D eigenvalue weighted by Crippen LogP contribution is 2.37. The van der Waals surface area contributed by atoms with Crippen LogP contribution < -0.4 is 9.99 Å². The Morgan fingerprint density at radius 1 is 0.920 bits per heavy atom. The van der Waals surface area contributed by atoms with Crippen LogP contribution >= 0.6 is 0 Å². The summed E-state index contributed by atoms with van der Waals surface area (Å²) in [5, 5.41) is 0.165. The Morgan fingerprint density at radius 3 is 2.24 bits per heavy atom. The minimum atomic E-state index is -1.84. The Kier molecular flexibility index (Phi) is 4.33. The summed E-state index contributed by atoms with van der Waals surface area (Å²) in [5.74, 6) is 0.896. The number of aromatic nitrogens is 1. The molecule has 0 atom stereocenters. The van der Waals surface area contributed by atoms with E-state index in [-0.39, 0.29) is 10.6 Å². The van der Waals surface area contributed by atoms with E-state index in [9.17, 15) is 4.79 Å². The molecule has 25 heavy (non-hydrogen) atoms. The van der Waals surface area contributed by atoms with Gasteiger partial charge >= 0.3 is 0 Å². The van der Waals surface area contributed by atoms with Gasteiger partial charge in [-0.25, -0.2) is 0 Å². The smallest absolute Gasteiger partial charge is 0.255 e. The quantitative estimate of drug-likeness (QED) is 0.596. The van der Waals surface area contributed by atoms with Crippen LogP contribution in [-0.2, 0) is 0 Å². The fourth-order valence-electron chi connectivity index (χ4n) is 2.51. The van der Waals surface area contributed by atoms with Gasteiger partial charge in [0.2, 0.25) is 8.32 Å². The maximum atomic E-state index is 12.3. The van der Waals surface area contributed by atoms with Gasteiger partial charge in [0.15, 0.2) is 0 Å². The van der Waals surface area contributed by atoms with Crippen molar-refractivity contribution in [3.8, 4) is 16.9 Å². The lowest BCUT2D eigenvalue weighted by Gasteiger charge is -2.36. The zero-order valence-electron chi connectivity index (χ0n) is 15.5. The van der Waals surface area contributed by atoms with Gasteiger partial charge in [-0.15, -0.1) is 0 Å². The van der Waals surface area contributed by atoms with Crippen LogP contribution in [-0.4, -0.2) is 12.7 Å². The van der Waals surface area contributed by atoms with Crippen LogP contribution in [0.5, 0.6) is 5.75 Å². The monoisotopic (exact) mass is 351 g/mol. The van der Waals surface area contributed by atoms with Crippen molar-refractivity contribution in [2.75, 3.05) is 0 Å². The lowest BCUT2D eigenvalue weighted by molar-refractivity contribution is 0.492. The fraction of sp³-hybridized carbons (Fsp3) is 0.286. The summed E-state index contributed by atoms with van der Waals surface area (Å²) in [7, 11) is -1.84. The first kappa shape index (κ1) is 17.5. The molecule has 4 heteroatoms. The van der Waals surface area contributed by atoms with E-state index < -0.39 is 8.32 Å². The molecule has 3 aromatic rings. The number of hydrogen-bond donors (Lipinski definition) is 0. The van der Waals surface area contributed by atoms with E-state index in [1.807, 2.05) is 48.5 Å². The Balaban J connectivity index is 1.92. The molecule has 0 saturated carbocycles. The number of fused-ring (bicyclic) bond motifs is 1. The lowest BCUT2D eigenvalue weighted by atomic mass is 10.1. The largest absolute Gasteiger partial charge is 0.544 e. The van der Waals surface area contributed by atoms with E-state index >= 15 is 0 Å². The Morgan fingerprint density at radius 2 is 1.60 bits per heavy atom. The zero-order chi connectivity index (χ0) is 18.2. The van der Waals surface area contributed by atoms with Crippen LogP contribution in [0.15, 0.2) is 65.6 Å². The van der Waals surface area contributed by atoms with Gasteiger partial charge < -0.3 is 4.43 Å². The number of hydrogen-bond acceptors (Lipinski definition) is 2. The Labute approximate surface area is 150 Å². The first-order valence-corrected chi connectivity index (χ1v) is 11.5. The molecule has 0 N–H and O–H groups in total. The van der Waals surface area contributed by atoms with Crippen LogP contribution in [0.1, 0.15) is 20.8 Å². The van der Waals surface area contributed by atoms with Gasteiger partial charge in [0.25, 0.3) is 5.56 Å². The minimum absolute atomic E-state index is 0.0188. The average Bonchev–Trinajstić information content (AvgIpc) is 2.54. The van der Waals surface area contributed by atoms with Crippen molar-refractivity contribution in [3.63, 3.8) is 0 Å². The summed E-state index contributed by atoms with van der Waals surface area (Å²) >= 11 is 0. The molecule has 0 spiro atoms. The molecule has 0 fully saturated rings. The Bertz CT molecular complexity index is 950. The van der Waals surface area contributed by atoms with Crippen molar-refractivity contribution in [1.29, 1.82) is 0 Å². The molecule has 0 radical (unpaired) electrons. The highest BCUT2D eigenvalue weighted by Gasteiger charge is 2.38. The molecule has 0 aliphatic rings. The maximum Gasteiger partial charge on any atom is 0.255 e. The highest BCUT2D eigenvalue weighted by atomic mass is 28.4. The normalized spacial score (nSPS) is 12.4. The minimum Gasteiger partial charge on any atom is -0.544 e. The predicted molar refractivity (Wildman–Crippen MR) is 107 cm³/mol. The molecule has 0 aliphatic carbocycles. The third kappa shape index (κ3) is 3.54. The summed E-state index contributed by atoms with van der Waals surface area (Å²) in [5.41, 5.74) is 2.82. The third-order valence-corrected chi connectivity index (χ3v) is 9.44. The molecular formula is C21H25NO2Si. The molecule has 0 amide bonds. The second kappa shape index (κ2) is 6.19. The van der Waals surface area contributed by atoms with E-state index in [1.54, 1.807) is 16.7 Å². The first-order valence-electron chi connectivity index (χ1n) is 8.58. The molecule has 3 rings (SSSR count). The molecule has 0 aliphatic heterocycles. The number of rotatable bonds is 3. The predicted octanol–water partition coefficient (Wildman–Crippen LogP) is 5.35. The molecule has 2 heterocycles. The van der Waals surface area contributed by atoms with Crippen molar-refractivity contribution in [3.05, 3.63) is 71.1 Å². The molecule has 130 valence electrons. The highest BCUT2D eigenvalue weighted by molar-refractivity contribution is 6.74. The molecule has 2 aromatic heterocycles. The number of benzene rings is 1. The van der Waals surface area contributed by atoms with E-state index in [0.29, 0.717) is 0 Å². The molecule has 0 saturated heterocycles. The summed E-state index contributed by atoms with van der Waals surface area (Å²) in [6.45, 7) is 11.2. The summed E-state index contributed by atoms with van der Waals surface area (Å²) in [6, 6.07) is 17.5. The third-order valence-electron chi connectivity index (χ3n) is 5.08. The van der Waals surface area contributed by atoms with Gasteiger partial charge in [0.1, 0.15) is 5.75 Å². The topological polar surface area (TPSA) is 30.7 Å². The standard InChI is InChI=1S/C21H25NO2Si/c1-21(2,3)25(4,5)24-19-11-9-16(10-12-19)17-14-18-8-6-7-13-22(18)20(23)15-17/h6-15H,1-5H3. The van der Waals surface area contributed by atoms with Gasteiger partial charge in [0, 0.05) is 17.8 Å². The molecule has 0 bridgehead atoms. The van der Waals surface area contributed by atoms with Crippen molar-refractivity contribution in [1.82, 2.24) is 4.40 Å².